The Balaban J connectivity index is 2.03. The van der Waals surface area contributed by atoms with Crippen LogP contribution in [0.4, 0.5) is 5.69 Å². The first-order valence-corrected chi connectivity index (χ1v) is 7.62. The van der Waals surface area contributed by atoms with Crippen LogP contribution in [-0.4, -0.2) is 41.1 Å². The highest BCUT2D eigenvalue weighted by Gasteiger charge is 2.31. The maximum absolute atomic E-state index is 12.5. The van der Waals surface area contributed by atoms with E-state index in [2.05, 4.69) is 10.2 Å². The van der Waals surface area contributed by atoms with Gasteiger partial charge in [-0.05, 0) is 31.4 Å². The summed E-state index contributed by atoms with van der Waals surface area (Å²) in [5, 5.41) is 12.2. The molecule has 0 spiro atoms. The van der Waals surface area contributed by atoms with E-state index in [9.17, 15) is 9.90 Å². The van der Waals surface area contributed by atoms with Gasteiger partial charge in [-0.1, -0.05) is 24.6 Å². The highest BCUT2D eigenvalue weighted by atomic mass is 16.3. The summed E-state index contributed by atoms with van der Waals surface area (Å²) in [7, 11) is 0. The third-order valence-corrected chi connectivity index (χ3v) is 4.27. The molecule has 1 aromatic carbocycles. The summed E-state index contributed by atoms with van der Waals surface area (Å²) in [5.74, 6) is -0.0451. The van der Waals surface area contributed by atoms with Crippen LogP contribution in [0, 0.1) is 0 Å². The molecule has 2 rings (SSSR count). The summed E-state index contributed by atoms with van der Waals surface area (Å²) in [6.07, 6.45) is 3.42. The number of benzene rings is 1. The molecule has 1 aliphatic carbocycles. The van der Waals surface area contributed by atoms with Crippen LogP contribution >= 0.6 is 0 Å². The number of carbonyl (C=O) groups is 1. The maximum atomic E-state index is 12.5. The average Bonchev–Trinajstić information content (AvgIpc) is 2.44. The molecule has 0 heterocycles. The smallest absolute Gasteiger partial charge is 0.241 e. The molecule has 1 unspecified atom stereocenters. The fourth-order valence-corrected chi connectivity index (χ4v) is 2.73. The zero-order valence-electron chi connectivity index (χ0n) is 12.6. The number of hydrogen-bond donors (Lipinski definition) is 3. The number of aliphatic hydroxyl groups excluding tert-OH is 1. The molecule has 0 aromatic heterocycles. The Morgan fingerprint density at radius 3 is 2.76 bits per heavy atom. The second kappa shape index (κ2) is 7.54. The topological polar surface area (TPSA) is 78.6 Å². The van der Waals surface area contributed by atoms with Crippen LogP contribution in [0.1, 0.15) is 31.7 Å². The zero-order valence-corrected chi connectivity index (χ0v) is 12.6. The van der Waals surface area contributed by atoms with Crippen molar-refractivity contribution in [3.8, 4) is 0 Å². The quantitative estimate of drug-likeness (QED) is 0.708. The van der Waals surface area contributed by atoms with Crippen molar-refractivity contribution in [2.75, 3.05) is 18.5 Å². The van der Waals surface area contributed by atoms with Crippen molar-refractivity contribution in [3.05, 3.63) is 29.8 Å². The van der Waals surface area contributed by atoms with E-state index in [1.165, 1.54) is 6.42 Å². The first-order valence-electron chi connectivity index (χ1n) is 7.62. The Morgan fingerprint density at radius 2 is 2.19 bits per heavy atom. The number of nitrogens with zero attached hydrogens (tertiary/aromatic N) is 1. The van der Waals surface area contributed by atoms with E-state index in [1.807, 2.05) is 31.2 Å². The van der Waals surface area contributed by atoms with Crippen LogP contribution in [0.15, 0.2) is 24.3 Å². The van der Waals surface area contributed by atoms with E-state index in [4.69, 9.17) is 5.73 Å². The number of nitrogens with two attached hydrogens (primary N) is 1. The summed E-state index contributed by atoms with van der Waals surface area (Å²) in [6.45, 7) is 2.91. The number of para-hydroxylation sites is 1. The van der Waals surface area contributed by atoms with Crippen molar-refractivity contribution in [1.29, 1.82) is 0 Å². The molecule has 5 nitrogen and oxygen atoms in total. The van der Waals surface area contributed by atoms with Crippen LogP contribution in [-0.2, 0) is 11.3 Å². The number of rotatable bonds is 7. The lowest BCUT2D eigenvalue weighted by Gasteiger charge is -2.40. The minimum Gasteiger partial charge on any atom is -0.395 e. The van der Waals surface area contributed by atoms with Gasteiger partial charge < -0.3 is 16.2 Å². The Bertz CT molecular complexity index is 474. The summed E-state index contributed by atoms with van der Waals surface area (Å²) < 4.78 is 0. The normalized spacial score (nSPS) is 16.6. The van der Waals surface area contributed by atoms with E-state index in [0.29, 0.717) is 19.1 Å². The Kier molecular flexibility index (Phi) is 5.73. The van der Waals surface area contributed by atoms with Crippen LogP contribution < -0.4 is 11.1 Å². The van der Waals surface area contributed by atoms with Crippen LogP contribution in [0.5, 0.6) is 0 Å². The van der Waals surface area contributed by atoms with Gasteiger partial charge in [0.05, 0.1) is 12.6 Å². The molecule has 116 valence electrons. The molecule has 0 aliphatic heterocycles. The van der Waals surface area contributed by atoms with Crippen molar-refractivity contribution in [1.82, 2.24) is 4.90 Å². The fraction of sp³-hybridized carbons (Fsp3) is 0.562. The van der Waals surface area contributed by atoms with Gasteiger partial charge in [-0.15, -0.1) is 0 Å². The molecule has 0 bridgehead atoms. The molecular formula is C16H25N3O2. The Hall–Kier alpha value is -1.43. The van der Waals surface area contributed by atoms with E-state index >= 15 is 0 Å². The lowest BCUT2D eigenvalue weighted by atomic mass is 9.90. The van der Waals surface area contributed by atoms with Gasteiger partial charge in [0, 0.05) is 24.8 Å². The summed E-state index contributed by atoms with van der Waals surface area (Å²) >= 11 is 0. The summed E-state index contributed by atoms with van der Waals surface area (Å²) in [5.41, 5.74) is 7.39. The van der Waals surface area contributed by atoms with Gasteiger partial charge in [0.1, 0.15) is 0 Å². The third-order valence-electron chi connectivity index (χ3n) is 4.27. The van der Waals surface area contributed by atoms with Crippen molar-refractivity contribution in [3.63, 3.8) is 0 Å². The van der Waals surface area contributed by atoms with Crippen molar-refractivity contribution >= 4 is 11.6 Å². The van der Waals surface area contributed by atoms with E-state index in [0.717, 1.165) is 24.1 Å². The highest BCUT2D eigenvalue weighted by molar-refractivity contribution is 5.95. The number of carbonyl (C=O) groups excluding carboxylic acids is 1. The summed E-state index contributed by atoms with van der Waals surface area (Å²) in [4.78, 5) is 14.6. The zero-order chi connectivity index (χ0) is 15.2. The molecule has 1 aliphatic rings. The molecule has 1 atom stereocenters. The molecular weight excluding hydrogens is 266 g/mol. The van der Waals surface area contributed by atoms with Gasteiger partial charge in [-0.3, -0.25) is 9.69 Å². The van der Waals surface area contributed by atoms with Crippen LogP contribution in [0.25, 0.3) is 0 Å². The van der Waals surface area contributed by atoms with Gasteiger partial charge in [-0.25, -0.2) is 0 Å². The Morgan fingerprint density at radius 1 is 1.48 bits per heavy atom. The second-order valence-corrected chi connectivity index (χ2v) is 5.57. The molecule has 21 heavy (non-hydrogen) atoms. The largest absolute Gasteiger partial charge is 0.395 e. The van der Waals surface area contributed by atoms with E-state index in [1.54, 1.807) is 0 Å². The predicted molar refractivity (Wildman–Crippen MR) is 83.9 cm³/mol. The van der Waals surface area contributed by atoms with Crippen LogP contribution in [0.2, 0.25) is 0 Å². The lowest BCUT2D eigenvalue weighted by Crippen LogP contribution is -2.51. The highest BCUT2D eigenvalue weighted by Crippen LogP contribution is 2.26. The molecule has 4 N–H and O–H groups in total. The SMILES string of the molecule is CC(C(=O)Nc1ccccc1CN)N(CCO)C1CCC1. The molecule has 1 aromatic rings. The standard InChI is InChI=1S/C16H25N3O2/c1-12(19(9-10-20)14-6-4-7-14)16(21)18-15-8-3-2-5-13(15)11-17/h2-3,5,8,12,14,20H,4,6-7,9-11,17H2,1H3,(H,18,21). The van der Waals surface area contributed by atoms with Gasteiger partial charge in [0.25, 0.3) is 0 Å². The van der Waals surface area contributed by atoms with E-state index in [-0.39, 0.29) is 18.6 Å². The van der Waals surface area contributed by atoms with Gasteiger partial charge in [0.2, 0.25) is 5.91 Å². The molecule has 0 saturated heterocycles. The summed E-state index contributed by atoms with van der Waals surface area (Å²) in [6, 6.07) is 7.74. The Labute approximate surface area is 126 Å². The lowest BCUT2D eigenvalue weighted by molar-refractivity contribution is -0.122. The predicted octanol–water partition coefficient (Wildman–Crippen LogP) is 1.32. The van der Waals surface area contributed by atoms with Crippen molar-refractivity contribution in [2.24, 2.45) is 5.73 Å². The first-order chi connectivity index (χ1) is 10.2. The molecule has 5 heteroatoms. The minimum absolute atomic E-state index is 0.0451. The van der Waals surface area contributed by atoms with Crippen LogP contribution in [0.3, 0.4) is 0 Å². The number of hydrogen-bond acceptors (Lipinski definition) is 4. The van der Waals surface area contributed by atoms with Gasteiger partial charge >= 0.3 is 0 Å². The van der Waals surface area contributed by atoms with E-state index < -0.39 is 0 Å². The third kappa shape index (κ3) is 3.81. The number of amides is 1. The van der Waals surface area contributed by atoms with Gasteiger partial charge in [0.15, 0.2) is 0 Å². The first kappa shape index (κ1) is 15.9. The fourth-order valence-electron chi connectivity index (χ4n) is 2.73. The number of aliphatic hydroxyl groups is 1. The minimum atomic E-state index is -0.256. The van der Waals surface area contributed by atoms with Crippen molar-refractivity contribution < 1.29 is 9.90 Å². The monoisotopic (exact) mass is 291 g/mol. The molecule has 1 amide bonds. The number of nitrogens with one attached hydrogen (secondary N) is 1. The number of anilines is 1. The average molecular weight is 291 g/mol. The maximum Gasteiger partial charge on any atom is 0.241 e. The molecule has 1 fully saturated rings. The molecule has 0 radical (unpaired) electrons. The van der Waals surface area contributed by atoms with Crippen molar-refractivity contribution in [2.45, 2.75) is 44.8 Å². The second-order valence-electron chi connectivity index (χ2n) is 5.57. The molecule has 1 saturated carbocycles. The van der Waals surface area contributed by atoms with Gasteiger partial charge in [-0.2, -0.15) is 0 Å².